The molecule has 0 saturated heterocycles. The van der Waals surface area contributed by atoms with Crippen LogP contribution in [0.3, 0.4) is 0 Å². The van der Waals surface area contributed by atoms with Crippen molar-refractivity contribution >= 4 is 39.3 Å². The summed E-state index contributed by atoms with van der Waals surface area (Å²) in [6.07, 6.45) is 1.66. The van der Waals surface area contributed by atoms with Crippen LogP contribution in [-0.2, 0) is 0 Å². The molecule has 0 saturated carbocycles. The van der Waals surface area contributed by atoms with Crippen LogP contribution in [0.15, 0.2) is 24.5 Å². The van der Waals surface area contributed by atoms with Crippen LogP contribution in [0.25, 0.3) is 10.9 Å². The molecule has 0 unspecified atom stereocenters. The van der Waals surface area contributed by atoms with Gasteiger partial charge >= 0.3 is 0 Å². The second kappa shape index (κ2) is 6.67. The molecule has 4 nitrogen and oxygen atoms in total. The Hall–Kier alpha value is -0.950. The zero-order chi connectivity index (χ0) is 14.7. The van der Waals surface area contributed by atoms with E-state index in [1.54, 1.807) is 6.33 Å². The molecular formula is C15H21IN4. The van der Waals surface area contributed by atoms with Crippen molar-refractivity contribution in [2.45, 2.75) is 19.9 Å². The highest BCUT2D eigenvalue weighted by molar-refractivity contribution is 14.1. The second-order valence-corrected chi connectivity index (χ2v) is 6.69. The maximum absolute atomic E-state index is 4.54. The normalized spacial score (nSPS) is 11.6. The molecule has 0 spiro atoms. The summed E-state index contributed by atoms with van der Waals surface area (Å²) in [6.45, 7) is 6.38. The van der Waals surface area contributed by atoms with Crippen molar-refractivity contribution in [2.75, 3.05) is 32.1 Å². The van der Waals surface area contributed by atoms with Crippen LogP contribution in [0.4, 0.5) is 5.82 Å². The van der Waals surface area contributed by atoms with Crippen molar-refractivity contribution in [2.24, 2.45) is 0 Å². The number of hydrogen-bond acceptors (Lipinski definition) is 4. The fourth-order valence-electron chi connectivity index (χ4n) is 2.16. The Morgan fingerprint density at radius 1 is 1.15 bits per heavy atom. The van der Waals surface area contributed by atoms with Gasteiger partial charge < -0.3 is 9.80 Å². The first-order chi connectivity index (χ1) is 9.49. The fraction of sp³-hybridized carbons (Fsp3) is 0.467. The van der Waals surface area contributed by atoms with E-state index in [1.165, 1.54) is 3.57 Å². The molecule has 1 aromatic heterocycles. The fourth-order valence-corrected chi connectivity index (χ4v) is 2.65. The van der Waals surface area contributed by atoms with Gasteiger partial charge in [-0.15, -0.1) is 0 Å². The van der Waals surface area contributed by atoms with Crippen molar-refractivity contribution in [1.29, 1.82) is 0 Å². The molecule has 0 fully saturated rings. The van der Waals surface area contributed by atoms with E-state index in [-0.39, 0.29) is 0 Å². The minimum Gasteiger partial charge on any atom is -0.352 e. The standard InChI is InChI=1S/C15H21IN4/c1-11(2)20(8-7-19(3)4)15-13-9-12(16)5-6-14(13)17-10-18-15/h5-6,9-11H,7-8H2,1-4H3. The van der Waals surface area contributed by atoms with Crippen LogP contribution in [0.1, 0.15) is 13.8 Å². The number of aromatic nitrogens is 2. The highest BCUT2D eigenvalue weighted by Crippen LogP contribution is 2.25. The van der Waals surface area contributed by atoms with E-state index in [4.69, 9.17) is 0 Å². The van der Waals surface area contributed by atoms with Gasteiger partial charge in [-0.1, -0.05) is 0 Å². The Bertz CT molecular complexity index is 583. The average molecular weight is 384 g/mol. The van der Waals surface area contributed by atoms with Crippen molar-refractivity contribution < 1.29 is 0 Å². The summed E-state index contributed by atoms with van der Waals surface area (Å²) in [5.41, 5.74) is 1.01. The van der Waals surface area contributed by atoms with E-state index in [9.17, 15) is 0 Å². The smallest absolute Gasteiger partial charge is 0.140 e. The number of benzene rings is 1. The molecular weight excluding hydrogens is 363 g/mol. The largest absolute Gasteiger partial charge is 0.352 e. The van der Waals surface area contributed by atoms with E-state index in [0.717, 1.165) is 29.8 Å². The lowest BCUT2D eigenvalue weighted by molar-refractivity contribution is 0.408. The summed E-state index contributed by atoms with van der Waals surface area (Å²) in [5, 5.41) is 1.13. The molecule has 1 heterocycles. The summed E-state index contributed by atoms with van der Waals surface area (Å²) < 4.78 is 1.21. The lowest BCUT2D eigenvalue weighted by Gasteiger charge is -2.30. The summed E-state index contributed by atoms with van der Waals surface area (Å²) in [4.78, 5) is 13.5. The number of likely N-dealkylation sites (N-methyl/N-ethyl adjacent to an activating group) is 1. The Kier molecular flexibility index (Phi) is 5.15. The van der Waals surface area contributed by atoms with Gasteiger partial charge in [-0.3, -0.25) is 0 Å². The molecule has 0 bridgehead atoms. The molecule has 20 heavy (non-hydrogen) atoms. The van der Waals surface area contributed by atoms with Gasteiger partial charge in [0.2, 0.25) is 0 Å². The van der Waals surface area contributed by atoms with E-state index in [1.807, 2.05) is 0 Å². The maximum atomic E-state index is 4.54. The van der Waals surface area contributed by atoms with Crippen LogP contribution in [0.5, 0.6) is 0 Å². The molecule has 0 N–H and O–H groups in total. The summed E-state index contributed by atoms with van der Waals surface area (Å²) >= 11 is 2.34. The van der Waals surface area contributed by atoms with Crippen LogP contribution in [0, 0.1) is 3.57 Å². The summed E-state index contributed by atoms with van der Waals surface area (Å²) in [7, 11) is 4.19. The molecule has 5 heteroatoms. The molecule has 0 radical (unpaired) electrons. The third-order valence-electron chi connectivity index (χ3n) is 3.26. The third-order valence-corrected chi connectivity index (χ3v) is 3.93. The van der Waals surface area contributed by atoms with Crippen LogP contribution < -0.4 is 4.90 Å². The number of anilines is 1. The number of rotatable bonds is 5. The van der Waals surface area contributed by atoms with Gasteiger partial charge in [0.15, 0.2) is 0 Å². The molecule has 0 aliphatic rings. The minimum atomic E-state index is 0.408. The quantitative estimate of drug-likeness (QED) is 0.742. The maximum Gasteiger partial charge on any atom is 0.140 e. The minimum absolute atomic E-state index is 0.408. The number of fused-ring (bicyclic) bond motifs is 1. The van der Waals surface area contributed by atoms with Gasteiger partial charge in [0.1, 0.15) is 12.1 Å². The van der Waals surface area contributed by atoms with Crippen molar-refractivity contribution in [3.05, 3.63) is 28.1 Å². The predicted octanol–water partition coefficient (Wildman–Crippen LogP) is 3.01. The molecule has 0 amide bonds. The van der Waals surface area contributed by atoms with Gasteiger partial charge in [0, 0.05) is 28.1 Å². The van der Waals surface area contributed by atoms with Gasteiger partial charge in [0.25, 0.3) is 0 Å². The Balaban J connectivity index is 2.44. The van der Waals surface area contributed by atoms with Crippen LogP contribution in [-0.4, -0.2) is 48.1 Å². The molecule has 2 aromatic rings. The van der Waals surface area contributed by atoms with Crippen molar-refractivity contribution in [3.8, 4) is 0 Å². The van der Waals surface area contributed by atoms with Gasteiger partial charge in [-0.25, -0.2) is 9.97 Å². The van der Waals surface area contributed by atoms with E-state index in [0.29, 0.717) is 6.04 Å². The Morgan fingerprint density at radius 2 is 1.90 bits per heavy atom. The van der Waals surface area contributed by atoms with Crippen LogP contribution >= 0.6 is 22.6 Å². The lowest BCUT2D eigenvalue weighted by Crippen LogP contribution is -2.37. The second-order valence-electron chi connectivity index (χ2n) is 5.45. The predicted molar refractivity (Wildman–Crippen MR) is 93.3 cm³/mol. The third kappa shape index (κ3) is 3.58. The summed E-state index contributed by atoms with van der Waals surface area (Å²) in [5.74, 6) is 1.03. The van der Waals surface area contributed by atoms with E-state index in [2.05, 4.69) is 88.5 Å². The molecule has 0 aliphatic carbocycles. The number of nitrogens with zero attached hydrogens (tertiary/aromatic N) is 4. The molecule has 0 atom stereocenters. The van der Waals surface area contributed by atoms with Crippen molar-refractivity contribution in [1.82, 2.24) is 14.9 Å². The molecule has 1 aromatic carbocycles. The zero-order valence-electron chi connectivity index (χ0n) is 12.5. The van der Waals surface area contributed by atoms with Crippen LogP contribution in [0.2, 0.25) is 0 Å². The molecule has 0 aliphatic heterocycles. The summed E-state index contributed by atoms with van der Waals surface area (Å²) in [6, 6.07) is 6.72. The Morgan fingerprint density at radius 3 is 2.55 bits per heavy atom. The zero-order valence-corrected chi connectivity index (χ0v) is 14.6. The first-order valence-electron chi connectivity index (χ1n) is 6.80. The monoisotopic (exact) mass is 384 g/mol. The SMILES string of the molecule is CC(C)N(CCN(C)C)c1ncnc2ccc(I)cc12. The first kappa shape index (κ1) is 15.4. The number of halogens is 1. The Labute approximate surface area is 134 Å². The number of hydrogen-bond donors (Lipinski definition) is 0. The lowest BCUT2D eigenvalue weighted by atomic mass is 10.2. The highest BCUT2D eigenvalue weighted by Gasteiger charge is 2.15. The van der Waals surface area contributed by atoms with Gasteiger partial charge in [-0.05, 0) is 68.7 Å². The molecule has 108 valence electrons. The first-order valence-corrected chi connectivity index (χ1v) is 7.88. The van der Waals surface area contributed by atoms with E-state index >= 15 is 0 Å². The van der Waals surface area contributed by atoms with Crippen molar-refractivity contribution in [3.63, 3.8) is 0 Å². The highest BCUT2D eigenvalue weighted by atomic mass is 127. The van der Waals surface area contributed by atoms with Gasteiger partial charge in [-0.2, -0.15) is 0 Å². The van der Waals surface area contributed by atoms with Gasteiger partial charge in [0.05, 0.1) is 5.52 Å². The topological polar surface area (TPSA) is 32.3 Å². The molecule has 2 rings (SSSR count). The average Bonchev–Trinajstić information content (AvgIpc) is 2.38. The van der Waals surface area contributed by atoms with E-state index < -0.39 is 0 Å².